The van der Waals surface area contributed by atoms with Gasteiger partial charge in [0.1, 0.15) is 10.7 Å². The van der Waals surface area contributed by atoms with Gasteiger partial charge in [-0.1, -0.05) is 6.58 Å². The van der Waals surface area contributed by atoms with E-state index >= 15 is 0 Å². The van der Waals surface area contributed by atoms with E-state index in [0.717, 1.165) is 6.07 Å². The number of sulfone groups is 1. The normalized spacial score (nSPS) is 13.7. The zero-order valence-electron chi connectivity index (χ0n) is 10.7. The van der Waals surface area contributed by atoms with Crippen LogP contribution in [0.2, 0.25) is 0 Å². The zero-order chi connectivity index (χ0) is 16.3. The lowest BCUT2D eigenvalue weighted by Crippen LogP contribution is -2.24. The van der Waals surface area contributed by atoms with Crippen LogP contribution in [0.5, 0.6) is 0 Å². The summed E-state index contributed by atoms with van der Waals surface area (Å²) < 4.78 is 73.2. The molecule has 4 nitrogen and oxygen atoms in total. The summed E-state index contributed by atoms with van der Waals surface area (Å²) in [5, 5.41) is 0. The Morgan fingerprint density at radius 3 is 2.43 bits per heavy atom. The third-order valence-electron chi connectivity index (χ3n) is 2.24. The van der Waals surface area contributed by atoms with Crippen molar-refractivity contribution >= 4 is 27.5 Å². The fourth-order valence-electron chi connectivity index (χ4n) is 1.30. The van der Waals surface area contributed by atoms with Gasteiger partial charge >= 0.3 is 5.51 Å². The summed E-state index contributed by atoms with van der Waals surface area (Å²) in [5.41, 5.74) is -5.59. The van der Waals surface area contributed by atoms with Crippen molar-refractivity contribution in [1.82, 2.24) is 0 Å². The van der Waals surface area contributed by atoms with Gasteiger partial charge in [0.15, 0.2) is 0 Å². The maximum absolute atomic E-state index is 13.4. The maximum Gasteiger partial charge on any atom is 0.502 e. The van der Waals surface area contributed by atoms with Crippen LogP contribution in [0.3, 0.4) is 0 Å². The van der Waals surface area contributed by atoms with Crippen LogP contribution < -0.4 is 0 Å². The standard InChI is InChI=1S/C12H10F4N2O2S/c1-3-8(7-17-2)18-9-4-5-10(13)11(6-9)21(19,20)12(14,15)16/h3-7H,1H2,2H3. The molecule has 0 aliphatic rings. The van der Waals surface area contributed by atoms with E-state index in [1.165, 1.54) is 19.3 Å². The summed E-state index contributed by atoms with van der Waals surface area (Å²) in [6, 6.07) is 2.14. The third-order valence-corrected chi connectivity index (χ3v) is 3.74. The predicted octanol–water partition coefficient (Wildman–Crippen LogP) is 3.08. The number of nitrogens with zero attached hydrogens (tertiary/aromatic N) is 2. The lowest BCUT2D eigenvalue weighted by atomic mass is 10.3. The van der Waals surface area contributed by atoms with E-state index in [-0.39, 0.29) is 11.4 Å². The van der Waals surface area contributed by atoms with E-state index in [2.05, 4.69) is 16.6 Å². The van der Waals surface area contributed by atoms with Gasteiger partial charge in [-0.15, -0.1) is 0 Å². The van der Waals surface area contributed by atoms with Gasteiger partial charge in [0.05, 0.1) is 11.4 Å². The Kier molecular flexibility index (Phi) is 5.00. The largest absolute Gasteiger partial charge is 0.502 e. The Bertz CT molecular complexity index is 706. The molecule has 0 bridgehead atoms. The molecule has 0 saturated carbocycles. The lowest BCUT2D eigenvalue weighted by molar-refractivity contribution is -0.0437. The second-order valence-electron chi connectivity index (χ2n) is 3.69. The van der Waals surface area contributed by atoms with Gasteiger partial charge in [0, 0.05) is 13.3 Å². The third kappa shape index (κ3) is 3.75. The Balaban J connectivity index is 3.46. The topological polar surface area (TPSA) is 58.9 Å². The predicted molar refractivity (Wildman–Crippen MR) is 71.3 cm³/mol. The smallest absolute Gasteiger partial charge is 0.294 e. The monoisotopic (exact) mass is 322 g/mol. The Morgan fingerprint density at radius 1 is 1.33 bits per heavy atom. The highest BCUT2D eigenvalue weighted by atomic mass is 32.2. The van der Waals surface area contributed by atoms with E-state index in [1.54, 1.807) is 0 Å². The summed E-state index contributed by atoms with van der Waals surface area (Å²) in [4.78, 5) is 5.97. The van der Waals surface area contributed by atoms with Gasteiger partial charge in [-0.05, 0) is 24.3 Å². The molecule has 1 aromatic carbocycles. The minimum atomic E-state index is -5.79. The van der Waals surface area contributed by atoms with Crippen LogP contribution in [0.1, 0.15) is 0 Å². The molecule has 0 atom stereocenters. The van der Waals surface area contributed by atoms with E-state index < -0.39 is 26.1 Å². The molecule has 0 saturated heterocycles. The average molecular weight is 322 g/mol. The summed E-state index contributed by atoms with van der Waals surface area (Å²) >= 11 is 0. The van der Waals surface area contributed by atoms with E-state index in [1.807, 2.05) is 0 Å². The minimum Gasteiger partial charge on any atom is -0.294 e. The molecule has 9 heteroatoms. The van der Waals surface area contributed by atoms with Crippen molar-refractivity contribution in [2.75, 3.05) is 7.05 Å². The number of hydrogen-bond acceptors (Lipinski definition) is 4. The molecule has 0 aliphatic carbocycles. The van der Waals surface area contributed by atoms with Crippen LogP contribution in [0.4, 0.5) is 23.2 Å². The molecular weight excluding hydrogens is 312 g/mol. The van der Waals surface area contributed by atoms with Crippen LogP contribution in [0.25, 0.3) is 0 Å². The van der Waals surface area contributed by atoms with E-state index in [4.69, 9.17) is 0 Å². The summed E-state index contributed by atoms with van der Waals surface area (Å²) in [7, 11) is -4.35. The van der Waals surface area contributed by atoms with Crippen LogP contribution in [0.15, 0.2) is 45.7 Å². The summed E-state index contributed by atoms with van der Waals surface area (Å²) in [6.07, 6.45) is 2.52. The van der Waals surface area contributed by atoms with Crippen molar-refractivity contribution in [2.45, 2.75) is 10.4 Å². The van der Waals surface area contributed by atoms with E-state index in [0.29, 0.717) is 12.1 Å². The van der Waals surface area contributed by atoms with Gasteiger partial charge in [0.25, 0.3) is 9.84 Å². The highest BCUT2D eigenvalue weighted by Crippen LogP contribution is 2.33. The first kappa shape index (κ1) is 17.0. The number of alkyl halides is 3. The quantitative estimate of drug-likeness (QED) is 0.632. The second kappa shape index (κ2) is 6.17. The molecule has 0 spiro atoms. The molecular formula is C12H10F4N2O2S. The number of benzene rings is 1. The van der Waals surface area contributed by atoms with Crippen molar-refractivity contribution < 1.29 is 26.0 Å². The Morgan fingerprint density at radius 2 is 1.95 bits per heavy atom. The number of rotatable bonds is 4. The van der Waals surface area contributed by atoms with Crippen LogP contribution in [-0.4, -0.2) is 32.9 Å². The number of allylic oxidation sites excluding steroid dienone is 1. The molecule has 0 aromatic heterocycles. The Labute approximate surface area is 118 Å². The van der Waals surface area contributed by atoms with Crippen molar-refractivity contribution in [3.8, 4) is 0 Å². The van der Waals surface area contributed by atoms with Crippen LogP contribution in [0, 0.1) is 5.82 Å². The number of hydrogen-bond donors (Lipinski definition) is 0. The highest BCUT2D eigenvalue weighted by molar-refractivity contribution is 7.92. The van der Waals surface area contributed by atoms with Gasteiger partial charge in [0.2, 0.25) is 0 Å². The fraction of sp³-hybridized carbons (Fsp3) is 0.167. The van der Waals surface area contributed by atoms with Crippen LogP contribution in [-0.2, 0) is 9.84 Å². The molecule has 0 heterocycles. The molecule has 1 rings (SSSR count). The fourth-order valence-corrected chi connectivity index (χ4v) is 2.15. The number of aliphatic imine (C=N–C) groups is 2. The molecule has 0 radical (unpaired) electrons. The SMILES string of the molecule is C=CC(C=NC)=Nc1ccc(F)c(S(=O)(=O)C(F)(F)F)c1. The van der Waals surface area contributed by atoms with Gasteiger partial charge < -0.3 is 0 Å². The summed E-state index contributed by atoms with van der Waals surface area (Å²) in [6.45, 7) is 3.41. The minimum absolute atomic E-state index is 0.172. The van der Waals surface area contributed by atoms with Gasteiger partial charge in [-0.25, -0.2) is 17.8 Å². The van der Waals surface area contributed by atoms with Crippen molar-refractivity contribution in [2.24, 2.45) is 9.98 Å². The van der Waals surface area contributed by atoms with Gasteiger partial charge in [-0.2, -0.15) is 13.2 Å². The van der Waals surface area contributed by atoms with Crippen molar-refractivity contribution in [3.05, 3.63) is 36.7 Å². The Hall–Kier alpha value is -2.03. The first-order chi connectivity index (χ1) is 9.63. The lowest BCUT2D eigenvalue weighted by Gasteiger charge is -2.09. The van der Waals surface area contributed by atoms with E-state index in [9.17, 15) is 26.0 Å². The molecule has 0 unspecified atom stereocenters. The molecule has 114 valence electrons. The molecule has 0 N–H and O–H groups in total. The van der Waals surface area contributed by atoms with Crippen molar-refractivity contribution in [3.63, 3.8) is 0 Å². The maximum atomic E-state index is 13.4. The van der Waals surface area contributed by atoms with Crippen molar-refractivity contribution in [1.29, 1.82) is 0 Å². The second-order valence-corrected chi connectivity index (χ2v) is 5.60. The average Bonchev–Trinajstić information content (AvgIpc) is 2.38. The molecule has 0 fully saturated rings. The molecule has 21 heavy (non-hydrogen) atoms. The molecule has 1 aromatic rings. The first-order valence-electron chi connectivity index (χ1n) is 5.37. The first-order valence-corrected chi connectivity index (χ1v) is 6.86. The zero-order valence-corrected chi connectivity index (χ0v) is 11.5. The van der Waals surface area contributed by atoms with Gasteiger partial charge in [-0.3, -0.25) is 4.99 Å². The molecule has 0 aliphatic heterocycles. The highest BCUT2D eigenvalue weighted by Gasteiger charge is 2.48. The van der Waals surface area contributed by atoms with Crippen LogP contribution >= 0.6 is 0 Å². The molecule has 0 amide bonds. The number of halogens is 4. The summed E-state index contributed by atoms with van der Waals surface area (Å²) in [5.74, 6) is -1.50.